The quantitative estimate of drug-likeness (QED) is 0.186. The maximum Gasteiger partial charge on any atom is 0.143 e. The smallest absolute Gasteiger partial charge is 0.143 e. The summed E-state index contributed by atoms with van der Waals surface area (Å²) in [5.41, 5.74) is 15.0. The Balaban J connectivity index is 1.20. The first-order valence-corrected chi connectivity index (χ1v) is 18.4. The summed E-state index contributed by atoms with van der Waals surface area (Å²) in [4.78, 5) is 2.48. The molecule has 10 aromatic rings. The van der Waals surface area contributed by atoms with E-state index in [1.165, 1.54) is 66.1 Å². The fraction of sp³-hybridized carbons (Fsp3) is 0.0196. The molecule has 1 heterocycles. The molecule has 2 nitrogen and oxygen atoms in total. The molecule has 0 aliphatic heterocycles. The summed E-state index contributed by atoms with van der Waals surface area (Å²) in [6.07, 6.45) is 0. The van der Waals surface area contributed by atoms with Crippen molar-refractivity contribution in [2.45, 2.75) is 5.41 Å². The van der Waals surface area contributed by atoms with Gasteiger partial charge in [-0.3, -0.25) is 0 Å². The first kappa shape index (κ1) is 28.8. The lowest BCUT2D eigenvalue weighted by atomic mass is 9.70. The van der Waals surface area contributed by atoms with E-state index < -0.39 is 5.41 Å². The van der Waals surface area contributed by atoms with Crippen LogP contribution in [-0.2, 0) is 5.41 Å². The van der Waals surface area contributed by atoms with E-state index in [4.69, 9.17) is 4.42 Å². The van der Waals surface area contributed by atoms with Crippen molar-refractivity contribution in [3.63, 3.8) is 0 Å². The van der Waals surface area contributed by atoms with E-state index >= 15 is 0 Å². The largest absolute Gasteiger partial charge is 0.455 e. The van der Waals surface area contributed by atoms with Gasteiger partial charge in [0.1, 0.15) is 11.2 Å². The molecule has 1 unspecified atom stereocenters. The summed E-state index contributed by atoms with van der Waals surface area (Å²) >= 11 is 0. The van der Waals surface area contributed by atoms with Crippen molar-refractivity contribution >= 4 is 60.5 Å². The number of hydrogen-bond donors (Lipinski definition) is 0. The van der Waals surface area contributed by atoms with Crippen molar-refractivity contribution in [3.05, 3.63) is 210 Å². The minimum absolute atomic E-state index is 0.524. The molecule has 12 rings (SSSR count). The van der Waals surface area contributed by atoms with Crippen molar-refractivity contribution in [1.82, 2.24) is 0 Å². The molecule has 0 saturated carbocycles. The second-order valence-corrected chi connectivity index (χ2v) is 14.4. The number of hydrogen-bond acceptors (Lipinski definition) is 2. The molecule has 0 amide bonds. The fourth-order valence-electron chi connectivity index (χ4n) is 9.74. The van der Waals surface area contributed by atoms with Gasteiger partial charge in [-0.25, -0.2) is 0 Å². The maximum absolute atomic E-state index is 6.78. The molecular formula is C51H31NO. The van der Waals surface area contributed by atoms with E-state index in [2.05, 4.69) is 193 Å². The van der Waals surface area contributed by atoms with E-state index in [1.54, 1.807) is 0 Å². The predicted molar refractivity (Wildman–Crippen MR) is 220 cm³/mol. The summed E-state index contributed by atoms with van der Waals surface area (Å²) in [6, 6.07) is 69.0. The molecule has 0 saturated heterocycles. The minimum Gasteiger partial charge on any atom is -0.455 e. The van der Waals surface area contributed by atoms with Crippen molar-refractivity contribution in [3.8, 4) is 22.3 Å². The molecule has 0 N–H and O–H groups in total. The molecule has 53 heavy (non-hydrogen) atoms. The van der Waals surface area contributed by atoms with Gasteiger partial charge in [0, 0.05) is 32.8 Å². The Kier molecular flexibility index (Phi) is 5.73. The van der Waals surface area contributed by atoms with Gasteiger partial charge in [-0.2, -0.15) is 0 Å². The Hall–Kier alpha value is -6.90. The Morgan fingerprint density at radius 1 is 0.377 bits per heavy atom. The van der Waals surface area contributed by atoms with Crippen LogP contribution < -0.4 is 4.90 Å². The predicted octanol–water partition coefficient (Wildman–Crippen LogP) is 13.7. The van der Waals surface area contributed by atoms with Crippen LogP contribution in [0.15, 0.2) is 192 Å². The Morgan fingerprint density at radius 3 is 1.68 bits per heavy atom. The molecule has 0 radical (unpaired) electrons. The number of rotatable bonds is 3. The van der Waals surface area contributed by atoms with Crippen LogP contribution in [0.5, 0.6) is 0 Å². The molecular weight excluding hydrogens is 643 g/mol. The summed E-state index contributed by atoms with van der Waals surface area (Å²) in [6.45, 7) is 0. The van der Waals surface area contributed by atoms with Gasteiger partial charge in [-0.05, 0) is 80.0 Å². The zero-order valence-corrected chi connectivity index (χ0v) is 28.8. The Bertz CT molecular complexity index is 3060. The Labute approximate surface area is 306 Å². The first-order chi connectivity index (χ1) is 26.3. The molecule has 9 aromatic carbocycles. The fourth-order valence-corrected chi connectivity index (χ4v) is 9.74. The minimum atomic E-state index is -0.524. The van der Waals surface area contributed by atoms with Crippen LogP contribution in [0.2, 0.25) is 0 Å². The number of furan rings is 1. The summed E-state index contributed by atoms with van der Waals surface area (Å²) < 4.78 is 6.78. The highest BCUT2D eigenvalue weighted by Crippen LogP contribution is 2.64. The maximum atomic E-state index is 6.78. The van der Waals surface area contributed by atoms with Gasteiger partial charge >= 0.3 is 0 Å². The summed E-state index contributed by atoms with van der Waals surface area (Å²) in [5.74, 6) is 0. The van der Waals surface area contributed by atoms with Gasteiger partial charge in [0.05, 0.1) is 16.8 Å². The number of fused-ring (bicyclic) bond motifs is 16. The third-order valence-corrected chi connectivity index (χ3v) is 11.9. The molecule has 1 aromatic heterocycles. The lowest BCUT2D eigenvalue weighted by molar-refractivity contribution is 0.669. The third kappa shape index (κ3) is 3.72. The topological polar surface area (TPSA) is 16.4 Å². The molecule has 2 aliphatic carbocycles. The van der Waals surface area contributed by atoms with Crippen LogP contribution in [-0.4, -0.2) is 0 Å². The van der Waals surface area contributed by atoms with Crippen LogP contribution >= 0.6 is 0 Å². The van der Waals surface area contributed by atoms with E-state index in [-0.39, 0.29) is 0 Å². The highest BCUT2D eigenvalue weighted by Gasteiger charge is 2.52. The van der Waals surface area contributed by atoms with Crippen LogP contribution in [0.1, 0.15) is 22.3 Å². The lowest BCUT2D eigenvalue weighted by Gasteiger charge is -2.32. The normalized spacial score (nSPS) is 15.2. The number of nitrogens with zero attached hydrogens (tertiary/aromatic N) is 1. The van der Waals surface area contributed by atoms with E-state index in [0.29, 0.717) is 0 Å². The first-order valence-electron chi connectivity index (χ1n) is 18.4. The lowest BCUT2D eigenvalue weighted by Crippen LogP contribution is -2.26. The van der Waals surface area contributed by atoms with Gasteiger partial charge in [0.2, 0.25) is 0 Å². The second kappa shape index (κ2) is 10.6. The van der Waals surface area contributed by atoms with Crippen molar-refractivity contribution in [2.24, 2.45) is 0 Å². The van der Waals surface area contributed by atoms with Gasteiger partial charge in [0.15, 0.2) is 0 Å². The number of anilines is 3. The molecule has 2 aliphatic rings. The molecule has 0 fully saturated rings. The van der Waals surface area contributed by atoms with Crippen molar-refractivity contribution in [1.29, 1.82) is 0 Å². The zero-order valence-electron chi connectivity index (χ0n) is 28.8. The number of para-hydroxylation sites is 1. The van der Waals surface area contributed by atoms with E-state index in [9.17, 15) is 0 Å². The molecule has 1 atom stereocenters. The highest BCUT2D eigenvalue weighted by molar-refractivity contribution is 6.13. The van der Waals surface area contributed by atoms with Crippen LogP contribution in [0.25, 0.3) is 65.7 Å². The van der Waals surface area contributed by atoms with Crippen LogP contribution in [0.4, 0.5) is 17.1 Å². The van der Waals surface area contributed by atoms with E-state index in [0.717, 1.165) is 39.0 Å². The van der Waals surface area contributed by atoms with Gasteiger partial charge in [0.25, 0.3) is 0 Å². The standard InChI is InChI=1S/C51H31NO/c1-3-17-35-32(13-1)15-11-24-46(35)52(47-25-12-16-33-14-2-4-18-36(33)47)34-27-28-38-37-19-5-8-22-42(37)51(45(38)31-34)43-23-9-6-21-41(43)49-44(51)30-29-40-39-20-7-10-26-48(39)53-50(40)49/h1-31H. The van der Waals surface area contributed by atoms with Gasteiger partial charge in [-0.1, -0.05) is 158 Å². The van der Waals surface area contributed by atoms with E-state index in [1.807, 2.05) is 0 Å². The highest BCUT2D eigenvalue weighted by atomic mass is 16.3. The summed E-state index contributed by atoms with van der Waals surface area (Å²) in [5, 5.41) is 7.17. The average molecular weight is 674 g/mol. The van der Waals surface area contributed by atoms with Gasteiger partial charge in [-0.15, -0.1) is 0 Å². The second-order valence-electron chi connectivity index (χ2n) is 14.4. The van der Waals surface area contributed by atoms with Crippen molar-refractivity contribution < 1.29 is 4.42 Å². The summed E-state index contributed by atoms with van der Waals surface area (Å²) in [7, 11) is 0. The molecule has 1 spiro atoms. The monoisotopic (exact) mass is 673 g/mol. The average Bonchev–Trinajstić information content (AvgIpc) is 3.85. The van der Waals surface area contributed by atoms with Crippen LogP contribution in [0.3, 0.4) is 0 Å². The SMILES string of the molecule is c1ccc2c(c1)-c1ccc(N(c3cccc4ccccc34)c3cccc4ccccc34)cc1C21c2ccccc2-c2c1ccc1c2oc2ccccc21. The molecule has 2 heteroatoms. The van der Waals surface area contributed by atoms with Gasteiger partial charge < -0.3 is 9.32 Å². The third-order valence-electron chi connectivity index (χ3n) is 11.9. The zero-order chi connectivity index (χ0) is 34.7. The molecule has 0 bridgehead atoms. The van der Waals surface area contributed by atoms with Crippen LogP contribution in [0, 0.1) is 0 Å². The molecule has 246 valence electrons. The Morgan fingerprint density at radius 2 is 0.943 bits per heavy atom. The number of benzene rings is 9. The van der Waals surface area contributed by atoms with Crippen molar-refractivity contribution in [2.75, 3.05) is 4.90 Å².